The molecule has 0 aromatic rings. The number of carbonyl (C=O) groups excluding carboxylic acids is 1. The van der Waals surface area contributed by atoms with Crippen LogP contribution < -0.4 is 11.1 Å². The molecule has 0 aromatic carbocycles. The molecule has 1 amide bonds. The van der Waals surface area contributed by atoms with Crippen molar-refractivity contribution in [1.29, 1.82) is 0 Å². The summed E-state index contributed by atoms with van der Waals surface area (Å²) >= 11 is 0. The number of ether oxygens (including phenoxy) is 1. The fraction of sp³-hybridized carbons (Fsp3) is 0.933. The number of hydrogen-bond acceptors (Lipinski definition) is 3. The highest BCUT2D eigenvalue weighted by Gasteiger charge is 2.32. The molecular formula is C15H30N2O2. The van der Waals surface area contributed by atoms with E-state index in [9.17, 15) is 4.79 Å². The highest BCUT2D eigenvalue weighted by Crippen LogP contribution is 2.40. The van der Waals surface area contributed by atoms with Gasteiger partial charge in [0.05, 0.1) is 0 Å². The molecule has 3 N–H and O–H groups in total. The Labute approximate surface area is 117 Å². The average molecular weight is 270 g/mol. The summed E-state index contributed by atoms with van der Waals surface area (Å²) in [4.78, 5) is 11.9. The third kappa shape index (κ3) is 4.46. The van der Waals surface area contributed by atoms with Gasteiger partial charge in [0.2, 0.25) is 0 Å². The van der Waals surface area contributed by atoms with Crippen molar-refractivity contribution in [3.63, 3.8) is 0 Å². The molecule has 4 nitrogen and oxygen atoms in total. The van der Waals surface area contributed by atoms with Crippen molar-refractivity contribution in [2.24, 2.45) is 17.1 Å². The van der Waals surface area contributed by atoms with Crippen LogP contribution in [0.3, 0.4) is 0 Å². The van der Waals surface area contributed by atoms with Crippen LogP contribution in [-0.2, 0) is 9.53 Å². The Morgan fingerprint density at radius 2 is 1.95 bits per heavy atom. The number of rotatable bonds is 6. The molecule has 1 fully saturated rings. The number of amides is 1. The second kappa shape index (κ2) is 7.25. The zero-order valence-corrected chi connectivity index (χ0v) is 12.9. The molecule has 1 aliphatic rings. The van der Waals surface area contributed by atoms with Gasteiger partial charge in [0.15, 0.2) is 0 Å². The first-order chi connectivity index (χ1) is 8.94. The van der Waals surface area contributed by atoms with Crippen LogP contribution in [0.2, 0.25) is 0 Å². The van der Waals surface area contributed by atoms with Crippen molar-refractivity contribution < 1.29 is 9.53 Å². The predicted octanol–water partition coefficient (Wildman–Crippen LogP) is 2.07. The Morgan fingerprint density at radius 3 is 2.37 bits per heavy atom. The summed E-state index contributed by atoms with van der Waals surface area (Å²) in [6.45, 7) is 7.21. The van der Waals surface area contributed by atoms with Crippen molar-refractivity contribution in [3.8, 4) is 0 Å². The number of methoxy groups -OCH3 is 1. The molecule has 1 rings (SSSR count). The van der Waals surface area contributed by atoms with Crippen molar-refractivity contribution in [2.45, 2.75) is 65.0 Å². The van der Waals surface area contributed by atoms with Crippen LogP contribution in [0.25, 0.3) is 0 Å². The number of nitrogens with one attached hydrogen (secondary N) is 1. The van der Waals surface area contributed by atoms with Crippen LogP contribution >= 0.6 is 0 Å². The van der Waals surface area contributed by atoms with Gasteiger partial charge in [-0.1, -0.05) is 27.2 Å². The molecule has 1 aliphatic carbocycles. The SMILES string of the molecule is CCC(C)(C)C1CCC(NC(=O)C(CN)OC)CC1. The van der Waals surface area contributed by atoms with Crippen LogP contribution in [0.1, 0.15) is 52.9 Å². The molecule has 1 atom stereocenters. The monoisotopic (exact) mass is 270 g/mol. The maximum Gasteiger partial charge on any atom is 0.250 e. The van der Waals surface area contributed by atoms with Gasteiger partial charge in [-0.15, -0.1) is 0 Å². The lowest BCUT2D eigenvalue weighted by molar-refractivity contribution is -0.131. The molecule has 0 saturated heterocycles. The van der Waals surface area contributed by atoms with Gasteiger partial charge >= 0.3 is 0 Å². The largest absolute Gasteiger partial charge is 0.370 e. The van der Waals surface area contributed by atoms with Gasteiger partial charge in [-0.05, 0) is 37.0 Å². The predicted molar refractivity (Wildman–Crippen MR) is 77.8 cm³/mol. The first kappa shape index (κ1) is 16.4. The molecule has 0 spiro atoms. The van der Waals surface area contributed by atoms with Gasteiger partial charge in [-0.25, -0.2) is 0 Å². The van der Waals surface area contributed by atoms with Gasteiger partial charge in [-0.2, -0.15) is 0 Å². The van der Waals surface area contributed by atoms with Crippen LogP contribution in [0.5, 0.6) is 0 Å². The van der Waals surface area contributed by atoms with Crippen LogP contribution in [0.4, 0.5) is 0 Å². The maximum atomic E-state index is 11.9. The molecule has 0 aliphatic heterocycles. The second-order valence-corrected chi connectivity index (χ2v) is 6.36. The third-order valence-corrected chi connectivity index (χ3v) is 4.88. The summed E-state index contributed by atoms with van der Waals surface area (Å²) in [5, 5.41) is 3.07. The van der Waals surface area contributed by atoms with Crippen LogP contribution in [0, 0.1) is 11.3 Å². The first-order valence-corrected chi connectivity index (χ1v) is 7.47. The van der Waals surface area contributed by atoms with E-state index < -0.39 is 6.10 Å². The summed E-state index contributed by atoms with van der Waals surface area (Å²) in [6.07, 6.45) is 5.25. The van der Waals surface area contributed by atoms with Gasteiger partial charge in [0, 0.05) is 19.7 Å². The van der Waals surface area contributed by atoms with E-state index in [0.29, 0.717) is 11.5 Å². The molecule has 1 saturated carbocycles. The third-order valence-electron chi connectivity index (χ3n) is 4.88. The number of hydrogen-bond donors (Lipinski definition) is 2. The van der Waals surface area contributed by atoms with E-state index in [0.717, 1.165) is 18.8 Å². The minimum atomic E-state index is -0.509. The van der Waals surface area contributed by atoms with E-state index in [1.165, 1.54) is 26.4 Å². The Bertz CT molecular complexity index is 280. The Balaban J connectivity index is 2.40. The van der Waals surface area contributed by atoms with Gasteiger partial charge in [-0.3, -0.25) is 4.79 Å². The Hall–Kier alpha value is -0.610. The van der Waals surface area contributed by atoms with Crippen molar-refractivity contribution in [2.75, 3.05) is 13.7 Å². The highest BCUT2D eigenvalue weighted by molar-refractivity contribution is 5.81. The van der Waals surface area contributed by atoms with Crippen molar-refractivity contribution >= 4 is 5.91 Å². The minimum absolute atomic E-state index is 0.0665. The fourth-order valence-electron chi connectivity index (χ4n) is 2.91. The Kier molecular flexibility index (Phi) is 6.27. The van der Waals surface area contributed by atoms with E-state index in [1.807, 2.05) is 0 Å². The topological polar surface area (TPSA) is 64.4 Å². The minimum Gasteiger partial charge on any atom is -0.370 e. The normalized spacial score (nSPS) is 25.9. The standard InChI is InChI=1S/C15H30N2O2/c1-5-15(2,3)11-6-8-12(9-7-11)17-14(18)13(10-16)19-4/h11-13H,5-10,16H2,1-4H3,(H,17,18). The molecule has 1 unspecified atom stereocenters. The maximum absolute atomic E-state index is 11.9. The summed E-state index contributed by atoms with van der Waals surface area (Å²) < 4.78 is 5.06. The highest BCUT2D eigenvalue weighted by atomic mass is 16.5. The van der Waals surface area contributed by atoms with E-state index in [2.05, 4.69) is 26.1 Å². The molecule has 0 bridgehead atoms. The van der Waals surface area contributed by atoms with E-state index in [-0.39, 0.29) is 12.5 Å². The molecular weight excluding hydrogens is 240 g/mol. The zero-order chi connectivity index (χ0) is 14.5. The van der Waals surface area contributed by atoms with E-state index in [4.69, 9.17) is 10.5 Å². The Morgan fingerprint density at radius 1 is 1.37 bits per heavy atom. The molecule has 4 heteroatoms. The van der Waals surface area contributed by atoms with Crippen molar-refractivity contribution in [1.82, 2.24) is 5.32 Å². The molecule has 0 heterocycles. The molecule has 19 heavy (non-hydrogen) atoms. The van der Waals surface area contributed by atoms with E-state index in [1.54, 1.807) is 0 Å². The molecule has 0 aromatic heterocycles. The fourth-order valence-corrected chi connectivity index (χ4v) is 2.91. The van der Waals surface area contributed by atoms with Crippen molar-refractivity contribution in [3.05, 3.63) is 0 Å². The lowest BCUT2D eigenvalue weighted by Gasteiger charge is -2.39. The second-order valence-electron chi connectivity index (χ2n) is 6.36. The van der Waals surface area contributed by atoms with Gasteiger partial charge < -0.3 is 15.8 Å². The summed E-state index contributed by atoms with van der Waals surface area (Å²) in [5.41, 5.74) is 5.92. The van der Waals surface area contributed by atoms with E-state index >= 15 is 0 Å². The zero-order valence-electron chi connectivity index (χ0n) is 12.9. The summed E-state index contributed by atoms with van der Waals surface area (Å²) in [7, 11) is 1.53. The number of nitrogens with two attached hydrogens (primary N) is 1. The van der Waals surface area contributed by atoms with Gasteiger partial charge in [0.25, 0.3) is 5.91 Å². The van der Waals surface area contributed by atoms with Crippen LogP contribution in [-0.4, -0.2) is 31.7 Å². The smallest absolute Gasteiger partial charge is 0.250 e. The van der Waals surface area contributed by atoms with Gasteiger partial charge in [0.1, 0.15) is 6.10 Å². The lowest BCUT2D eigenvalue weighted by atomic mass is 9.69. The number of carbonyl (C=O) groups is 1. The molecule has 0 radical (unpaired) electrons. The molecule has 112 valence electrons. The lowest BCUT2D eigenvalue weighted by Crippen LogP contribution is -2.47. The first-order valence-electron chi connectivity index (χ1n) is 7.47. The summed E-state index contributed by atoms with van der Waals surface area (Å²) in [5.74, 6) is 0.710. The quantitative estimate of drug-likeness (QED) is 0.776. The van der Waals surface area contributed by atoms with Crippen LogP contribution in [0.15, 0.2) is 0 Å². The average Bonchev–Trinajstić information content (AvgIpc) is 2.40. The summed E-state index contributed by atoms with van der Waals surface area (Å²) in [6, 6.07) is 0.292.